The standard InChI is InChI=1S/C17H17ClN6O2/c1-25-15-7-13(19-9-21-15)23-17(11-4-3-5-12(18)6-11)24-14-8-16(26-2)22-10-20-14/h3-10,17H,1-2H3,(H,19,21,23)(H,20,22,24). The van der Waals surface area contributed by atoms with Crippen molar-refractivity contribution in [3.8, 4) is 11.8 Å². The average Bonchev–Trinajstić information content (AvgIpc) is 2.68. The molecule has 0 unspecified atom stereocenters. The molecule has 0 amide bonds. The number of anilines is 2. The maximum atomic E-state index is 6.14. The van der Waals surface area contributed by atoms with Gasteiger partial charge in [0.2, 0.25) is 11.8 Å². The van der Waals surface area contributed by atoms with Crippen LogP contribution in [0.15, 0.2) is 49.1 Å². The Bertz CT molecular complexity index is 830. The predicted octanol–water partition coefficient (Wildman–Crippen LogP) is 3.16. The number of hydrogen-bond acceptors (Lipinski definition) is 8. The van der Waals surface area contributed by atoms with Gasteiger partial charge < -0.3 is 20.1 Å². The Kier molecular flexibility index (Phi) is 5.65. The fourth-order valence-electron chi connectivity index (χ4n) is 2.24. The van der Waals surface area contributed by atoms with E-state index in [4.69, 9.17) is 21.1 Å². The molecule has 26 heavy (non-hydrogen) atoms. The molecule has 3 aromatic rings. The molecule has 0 aliphatic carbocycles. The molecular formula is C17H17ClN6O2. The van der Waals surface area contributed by atoms with E-state index in [0.29, 0.717) is 28.4 Å². The number of benzene rings is 1. The molecule has 0 spiro atoms. The van der Waals surface area contributed by atoms with E-state index in [-0.39, 0.29) is 6.17 Å². The molecule has 1 aromatic carbocycles. The fourth-order valence-corrected chi connectivity index (χ4v) is 2.44. The van der Waals surface area contributed by atoms with E-state index in [1.807, 2.05) is 24.3 Å². The number of nitrogens with one attached hydrogen (secondary N) is 2. The van der Waals surface area contributed by atoms with Crippen LogP contribution in [0.5, 0.6) is 11.8 Å². The van der Waals surface area contributed by atoms with Crippen molar-refractivity contribution in [2.45, 2.75) is 6.17 Å². The van der Waals surface area contributed by atoms with Crippen LogP contribution in [0.3, 0.4) is 0 Å². The van der Waals surface area contributed by atoms with Crippen molar-refractivity contribution >= 4 is 23.2 Å². The molecule has 2 heterocycles. The van der Waals surface area contributed by atoms with Crippen LogP contribution in [0, 0.1) is 0 Å². The number of hydrogen-bond donors (Lipinski definition) is 2. The number of halogens is 1. The Hall–Kier alpha value is -3.13. The van der Waals surface area contributed by atoms with E-state index < -0.39 is 0 Å². The second-order valence-corrected chi connectivity index (χ2v) is 5.60. The molecule has 134 valence electrons. The third-order valence-corrected chi connectivity index (χ3v) is 3.70. The summed E-state index contributed by atoms with van der Waals surface area (Å²) in [6.07, 6.45) is 2.47. The summed E-state index contributed by atoms with van der Waals surface area (Å²) in [6, 6.07) is 10.9. The second kappa shape index (κ2) is 8.30. The lowest BCUT2D eigenvalue weighted by Crippen LogP contribution is -2.21. The van der Waals surface area contributed by atoms with Gasteiger partial charge in [0.05, 0.1) is 14.2 Å². The summed E-state index contributed by atoms with van der Waals surface area (Å²) in [4.78, 5) is 16.4. The van der Waals surface area contributed by atoms with Crippen molar-refractivity contribution in [1.29, 1.82) is 0 Å². The molecule has 0 aliphatic heterocycles. The third-order valence-electron chi connectivity index (χ3n) is 3.47. The summed E-state index contributed by atoms with van der Waals surface area (Å²) < 4.78 is 10.3. The summed E-state index contributed by atoms with van der Waals surface area (Å²) in [7, 11) is 3.10. The minimum atomic E-state index is -0.368. The van der Waals surface area contributed by atoms with Crippen molar-refractivity contribution in [1.82, 2.24) is 19.9 Å². The highest BCUT2D eigenvalue weighted by Gasteiger charge is 2.14. The normalized spacial score (nSPS) is 10.5. The Morgan fingerprint density at radius 1 is 0.846 bits per heavy atom. The van der Waals surface area contributed by atoms with Gasteiger partial charge in [0.15, 0.2) is 0 Å². The predicted molar refractivity (Wildman–Crippen MR) is 98.6 cm³/mol. The van der Waals surface area contributed by atoms with E-state index in [0.717, 1.165) is 5.56 Å². The molecule has 3 rings (SSSR count). The van der Waals surface area contributed by atoms with E-state index >= 15 is 0 Å². The summed E-state index contributed by atoms with van der Waals surface area (Å²) in [5, 5.41) is 7.18. The topological polar surface area (TPSA) is 94.1 Å². The lowest BCUT2D eigenvalue weighted by Gasteiger charge is -2.22. The zero-order valence-electron chi connectivity index (χ0n) is 14.2. The van der Waals surface area contributed by atoms with Crippen molar-refractivity contribution in [2.75, 3.05) is 24.9 Å². The van der Waals surface area contributed by atoms with E-state index in [9.17, 15) is 0 Å². The van der Waals surface area contributed by atoms with Crippen LogP contribution in [0.25, 0.3) is 0 Å². The van der Waals surface area contributed by atoms with Crippen LogP contribution in [0.2, 0.25) is 5.02 Å². The zero-order valence-corrected chi connectivity index (χ0v) is 14.9. The smallest absolute Gasteiger partial charge is 0.218 e. The molecule has 2 N–H and O–H groups in total. The van der Waals surface area contributed by atoms with Gasteiger partial charge in [-0.15, -0.1) is 0 Å². The first-order valence-electron chi connectivity index (χ1n) is 7.68. The van der Waals surface area contributed by atoms with E-state index in [1.54, 1.807) is 26.4 Å². The van der Waals surface area contributed by atoms with Gasteiger partial charge >= 0.3 is 0 Å². The lowest BCUT2D eigenvalue weighted by molar-refractivity contribution is 0.397. The highest BCUT2D eigenvalue weighted by atomic mass is 35.5. The molecule has 8 nitrogen and oxygen atoms in total. The zero-order chi connectivity index (χ0) is 18.4. The molecular weight excluding hydrogens is 356 g/mol. The molecule has 0 aliphatic rings. The first-order chi connectivity index (χ1) is 12.7. The number of ether oxygens (including phenoxy) is 2. The van der Waals surface area contributed by atoms with Crippen molar-refractivity contribution < 1.29 is 9.47 Å². The molecule has 0 atom stereocenters. The van der Waals surface area contributed by atoms with Gasteiger partial charge in [-0.05, 0) is 17.7 Å². The van der Waals surface area contributed by atoms with E-state index in [2.05, 4.69) is 30.6 Å². The van der Waals surface area contributed by atoms with Crippen LogP contribution in [-0.4, -0.2) is 34.2 Å². The minimum absolute atomic E-state index is 0.368. The Balaban J connectivity index is 1.90. The SMILES string of the molecule is COc1cc(NC(Nc2cc(OC)ncn2)c2cccc(Cl)c2)ncn1. The van der Waals surface area contributed by atoms with Crippen LogP contribution in [0.4, 0.5) is 11.6 Å². The van der Waals surface area contributed by atoms with Gasteiger partial charge in [0.25, 0.3) is 0 Å². The van der Waals surface area contributed by atoms with Gasteiger partial charge in [-0.2, -0.15) is 0 Å². The molecule has 9 heteroatoms. The molecule has 0 saturated heterocycles. The Morgan fingerprint density at radius 2 is 1.42 bits per heavy atom. The second-order valence-electron chi connectivity index (χ2n) is 5.17. The third kappa shape index (κ3) is 4.48. The van der Waals surface area contributed by atoms with Gasteiger partial charge in [0, 0.05) is 17.2 Å². The lowest BCUT2D eigenvalue weighted by atomic mass is 10.1. The van der Waals surface area contributed by atoms with Crippen molar-refractivity contribution in [3.63, 3.8) is 0 Å². The summed E-state index contributed by atoms with van der Waals surface area (Å²) >= 11 is 6.14. The first kappa shape index (κ1) is 17.7. The Morgan fingerprint density at radius 3 is 1.92 bits per heavy atom. The number of aromatic nitrogens is 4. The quantitative estimate of drug-likeness (QED) is 0.611. The average molecular weight is 373 g/mol. The fraction of sp³-hybridized carbons (Fsp3) is 0.176. The number of methoxy groups -OCH3 is 2. The van der Waals surface area contributed by atoms with Gasteiger partial charge in [-0.25, -0.2) is 19.9 Å². The monoisotopic (exact) mass is 372 g/mol. The minimum Gasteiger partial charge on any atom is -0.481 e. The van der Waals surface area contributed by atoms with Crippen molar-refractivity contribution in [2.24, 2.45) is 0 Å². The maximum absolute atomic E-state index is 6.14. The highest BCUT2D eigenvalue weighted by molar-refractivity contribution is 6.30. The number of nitrogens with zero attached hydrogens (tertiary/aromatic N) is 4. The molecule has 0 radical (unpaired) electrons. The van der Waals surface area contributed by atoms with E-state index in [1.165, 1.54) is 12.7 Å². The van der Waals surface area contributed by atoms with Crippen LogP contribution in [-0.2, 0) is 0 Å². The van der Waals surface area contributed by atoms with Crippen LogP contribution in [0.1, 0.15) is 11.7 Å². The van der Waals surface area contributed by atoms with Crippen molar-refractivity contribution in [3.05, 3.63) is 59.6 Å². The summed E-state index contributed by atoms with van der Waals surface area (Å²) in [6.45, 7) is 0. The summed E-state index contributed by atoms with van der Waals surface area (Å²) in [5.74, 6) is 2.07. The highest BCUT2D eigenvalue weighted by Crippen LogP contribution is 2.24. The molecule has 2 aromatic heterocycles. The van der Waals surface area contributed by atoms with Gasteiger partial charge in [-0.1, -0.05) is 23.7 Å². The van der Waals surface area contributed by atoms with Gasteiger partial charge in [-0.3, -0.25) is 0 Å². The van der Waals surface area contributed by atoms with Gasteiger partial charge in [0.1, 0.15) is 30.5 Å². The maximum Gasteiger partial charge on any atom is 0.218 e. The molecule has 0 bridgehead atoms. The van der Waals surface area contributed by atoms with Crippen LogP contribution >= 0.6 is 11.6 Å². The first-order valence-corrected chi connectivity index (χ1v) is 8.06. The molecule has 0 saturated carbocycles. The molecule has 0 fully saturated rings. The largest absolute Gasteiger partial charge is 0.481 e. The summed E-state index contributed by atoms with van der Waals surface area (Å²) in [5.41, 5.74) is 0.896. The Labute approximate surface area is 155 Å². The number of rotatable bonds is 7. The van der Waals surface area contributed by atoms with Crippen LogP contribution < -0.4 is 20.1 Å².